The number of hydrogen-bond acceptors (Lipinski definition) is 6. The van der Waals surface area contributed by atoms with Gasteiger partial charge in [0.05, 0.1) is 0 Å². The third-order valence-corrected chi connectivity index (χ3v) is 2.08. The molecule has 1 rings (SSSR count). The molecule has 0 atom stereocenters. The van der Waals surface area contributed by atoms with Gasteiger partial charge in [0.25, 0.3) is 0 Å². The summed E-state index contributed by atoms with van der Waals surface area (Å²) in [6.45, 7) is 1.76. The maximum absolute atomic E-state index is 11.1. The highest BCUT2D eigenvalue weighted by Gasteiger charge is 2.05. The van der Waals surface area contributed by atoms with Crippen molar-refractivity contribution in [3.05, 3.63) is 5.01 Å². The minimum atomic E-state index is -1.24. The average molecular weight is 214 g/mol. The van der Waals surface area contributed by atoms with Gasteiger partial charge in [-0.05, 0) is 13.3 Å². The van der Waals surface area contributed by atoms with Crippen molar-refractivity contribution in [2.45, 2.75) is 19.8 Å². The summed E-state index contributed by atoms with van der Waals surface area (Å²) in [5, 5.41) is 20.9. The fourth-order valence-corrected chi connectivity index (χ4v) is 1.35. The first-order chi connectivity index (χ1) is 6.58. The van der Waals surface area contributed by atoms with Crippen molar-refractivity contribution in [2.24, 2.45) is 0 Å². The Morgan fingerprint density at radius 1 is 1.43 bits per heavy atom. The van der Waals surface area contributed by atoms with Gasteiger partial charge >= 0.3 is 0 Å². The summed E-state index contributed by atoms with van der Waals surface area (Å²) in [7, 11) is 0. The number of carboxylic acid groups (broad SMARTS) is 1. The minimum absolute atomic E-state index is 0.110. The van der Waals surface area contributed by atoms with E-state index in [1.54, 1.807) is 6.92 Å². The molecule has 76 valence electrons. The molecule has 0 saturated carbocycles. The van der Waals surface area contributed by atoms with Crippen LogP contribution in [0.5, 0.6) is 0 Å². The van der Waals surface area contributed by atoms with Gasteiger partial charge in [0.1, 0.15) is 5.01 Å². The number of hydrogen-bond donors (Lipinski definition) is 1. The van der Waals surface area contributed by atoms with Crippen molar-refractivity contribution in [3.63, 3.8) is 0 Å². The molecule has 1 heterocycles. The fraction of sp³-hybridized carbons (Fsp3) is 0.429. The summed E-state index contributed by atoms with van der Waals surface area (Å²) in [5.74, 6) is -1.64. The maximum Gasteiger partial charge on any atom is 0.226 e. The number of aromatic nitrogens is 2. The molecule has 6 nitrogen and oxygen atoms in total. The summed E-state index contributed by atoms with van der Waals surface area (Å²) in [5.41, 5.74) is 0. The van der Waals surface area contributed by atoms with Crippen molar-refractivity contribution in [1.29, 1.82) is 0 Å². The highest BCUT2D eigenvalue weighted by molar-refractivity contribution is 7.15. The molecular formula is C7H8N3O3S-. The molecule has 1 aromatic rings. The van der Waals surface area contributed by atoms with Crippen LogP contribution in [0, 0.1) is 6.92 Å². The number of aryl methyl sites for hydroxylation is 1. The molecule has 0 saturated heterocycles. The molecule has 0 fully saturated rings. The van der Waals surface area contributed by atoms with Crippen molar-refractivity contribution in [1.82, 2.24) is 10.2 Å². The van der Waals surface area contributed by atoms with E-state index in [1.807, 2.05) is 0 Å². The molecule has 0 unspecified atom stereocenters. The third kappa shape index (κ3) is 3.48. The van der Waals surface area contributed by atoms with E-state index in [0.717, 1.165) is 5.01 Å². The van der Waals surface area contributed by atoms with E-state index in [1.165, 1.54) is 11.3 Å². The Balaban J connectivity index is 2.37. The topological polar surface area (TPSA) is 95.0 Å². The van der Waals surface area contributed by atoms with Gasteiger partial charge in [0.2, 0.25) is 11.0 Å². The van der Waals surface area contributed by atoms with E-state index in [9.17, 15) is 14.7 Å². The zero-order valence-electron chi connectivity index (χ0n) is 7.44. The number of aliphatic carboxylic acids is 1. The van der Waals surface area contributed by atoms with Crippen molar-refractivity contribution >= 4 is 28.3 Å². The highest BCUT2D eigenvalue weighted by atomic mass is 32.1. The van der Waals surface area contributed by atoms with E-state index in [4.69, 9.17) is 0 Å². The van der Waals surface area contributed by atoms with Gasteiger partial charge in [0.15, 0.2) is 0 Å². The second kappa shape index (κ2) is 4.66. The van der Waals surface area contributed by atoms with Crippen LogP contribution in [0.25, 0.3) is 0 Å². The third-order valence-electron chi connectivity index (χ3n) is 1.33. The number of carbonyl (C=O) groups excluding carboxylic acids is 2. The zero-order valence-corrected chi connectivity index (χ0v) is 8.26. The Labute approximate surface area is 84.0 Å². The first kappa shape index (κ1) is 10.6. The van der Waals surface area contributed by atoms with Crippen LogP contribution >= 0.6 is 11.3 Å². The van der Waals surface area contributed by atoms with E-state index < -0.39 is 11.9 Å². The molecular weight excluding hydrogens is 206 g/mol. The number of amides is 1. The van der Waals surface area contributed by atoms with Crippen LogP contribution in [0.15, 0.2) is 0 Å². The SMILES string of the molecule is Cc1nnc(NC(=O)CCC(=O)[O-])s1. The van der Waals surface area contributed by atoms with Crippen LogP contribution in [0.3, 0.4) is 0 Å². The molecule has 0 aliphatic rings. The molecule has 1 N–H and O–H groups in total. The van der Waals surface area contributed by atoms with Crippen molar-refractivity contribution in [2.75, 3.05) is 5.32 Å². The monoisotopic (exact) mass is 214 g/mol. The van der Waals surface area contributed by atoms with Crippen LogP contribution in [-0.4, -0.2) is 22.1 Å². The fourth-order valence-electron chi connectivity index (χ4n) is 0.744. The number of carboxylic acids is 1. The molecule has 0 radical (unpaired) electrons. The van der Waals surface area contributed by atoms with Gasteiger partial charge in [0, 0.05) is 12.4 Å². The second-order valence-electron chi connectivity index (χ2n) is 2.55. The van der Waals surface area contributed by atoms with Gasteiger partial charge in [-0.3, -0.25) is 4.79 Å². The maximum atomic E-state index is 11.1. The number of carbonyl (C=O) groups is 2. The minimum Gasteiger partial charge on any atom is -0.550 e. The summed E-state index contributed by atoms with van der Waals surface area (Å²) < 4.78 is 0. The van der Waals surface area contributed by atoms with Gasteiger partial charge in [-0.2, -0.15) is 0 Å². The van der Waals surface area contributed by atoms with Gasteiger partial charge < -0.3 is 15.2 Å². The number of nitrogens with zero attached hydrogens (tertiary/aromatic N) is 2. The highest BCUT2D eigenvalue weighted by Crippen LogP contribution is 2.13. The lowest BCUT2D eigenvalue weighted by Gasteiger charge is -2.01. The molecule has 1 amide bonds. The standard InChI is InChI=1S/C7H9N3O3S/c1-4-9-10-7(14-4)8-5(11)2-3-6(12)13/h2-3H2,1H3,(H,12,13)(H,8,10,11)/p-1. The Bertz CT molecular complexity index is 350. The predicted molar refractivity (Wildman–Crippen MR) is 47.5 cm³/mol. The largest absolute Gasteiger partial charge is 0.550 e. The predicted octanol–water partition coefficient (Wildman–Crippen LogP) is -0.685. The van der Waals surface area contributed by atoms with E-state index >= 15 is 0 Å². The van der Waals surface area contributed by atoms with Crippen LogP contribution < -0.4 is 10.4 Å². The Hall–Kier alpha value is -1.50. The smallest absolute Gasteiger partial charge is 0.226 e. The van der Waals surface area contributed by atoms with Gasteiger partial charge in [-0.15, -0.1) is 10.2 Å². The van der Waals surface area contributed by atoms with Crippen LogP contribution in [0.2, 0.25) is 0 Å². The molecule has 7 heteroatoms. The molecule has 14 heavy (non-hydrogen) atoms. The molecule has 0 aromatic carbocycles. The number of nitrogens with one attached hydrogen (secondary N) is 1. The van der Waals surface area contributed by atoms with E-state index in [2.05, 4.69) is 15.5 Å². The summed E-state index contributed by atoms with van der Waals surface area (Å²) in [4.78, 5) is 21.1. The van der Waals surface area contributed by atoms with Crippen LogP contribution in [-0.2, 0) is 9.59 Å². The first-order valence-electron chi connectivity index (χ1n) is 3.87. The summed E-state index contributed by atoms with van der Waals surface area (Å²) in [6.07, 6.45) is -0.398. The Kier molecular flexibility index (Phi) is 3.52. The van der Waals surface area contributed by atoms with Gasteiger partial charge in [-0.1, -0.05) is 11.3 Å². The molecule has 0 aliphatic carbocycles. The van der Waals surface area contributed by atoms with Gasteiger partial charge in [-0.25, -0.2) is 0 Å². The van der Waals surface area contributed by atoms with E-state index in [-0.39, 0.29) is 12.8 Å². The molecule has 0 spiro atoms. The Morgan fingerprint density at radius 2 is 2.14 bits per heavy atom. The van der Waals surface area contributed by atoms with Crippen molar-refractivity contribution in [3.8, 4) is 0 Å². The van der Waals surface area contributed by atoms with Crippen LogP contribution in [0.1, 0.15) is 17.8 Å². The molecule has 0 bridgehead atoms. The van der Waals surface area contributed by atoms with E-state index in [0.29, 0.717) is 5.13 Å². The second-order valence-corrected chi connectivity index (χ2v) is 3.73. The first-order valence-corrected chi connectivity index (χ1v) is 4.69. The summed E-state index contributed by atoms with van der Waals surface area (Å²) >= 11 is 1.23. The van der Waals surface area contributed by atoms with Crippen LogP contribution in [0.4, 0.5) is 5.13 Å². The van der Waals surface area contributed by atoms with Crippen molar-refractivity contribution < 1.29 is 14.7 Å². The zero-order chi connectivity index (χ0) is 10.6. The number of rotatable bonds is 4. The Morgan fingerprint density at radius 3 is 2.64 bits per heavy atom. The average Bonchev–Trinajstić information content (AvgIpc) is 2.48. The lowest BCUT2D eigenvalue weighted by atomic mass is 10.3. The quantitative estimate of drug-likeness (QED) is 0.716. The lowest BCUT2D eigenvalue weighted by Crippen LogP contribution is -2.24. The molecule has 0 aliphatic heterocycles. The normalized spacial score (nSPS) is 9.79. The lowest BCUT2D eigenvalue weighted by molar-refractivity contribution is -0.305. The molecule has 1 aromatic heterocycles. The summed E-state index contributed by atoms with van der Waals surface area (Å²) in [6, 6.07) is 0. The number of anilines is 1.